The number of anilines is 1. The third-order valence-electron chi connectivity index (χ3n) is 3.36. The zero-order valence-corrected chi connectivity index (χ0v) is 12.5. The molecule has 0 aliphatic carbocycles. The molecule has 1 atom stereocenters. The summed E-state index contributed by atoms with van der Waals surface area (Å²) >= 11 is 0. The van der Waals surface area contributed by atoms with Crippen LogP contribution in [0.3, 0.4) is 0 Å². The van der Waals surface area contributed by atoms with Gasteiger partial charge in [0.2, 0.25) is 0 Å². The Balaban J connectivity index is 2.23. The molecule has 6 heteroatoms. The van der Waals surface area contributed by atoms with Crippen LogP contribution in [0.25, 0.3) is 0 Å². The molecule has 0 radical (unpaired) electrons. The molecule has 22 heavy (non-hydrogen) atoms. The second-order valence-corrected chi connectivity index (χ2v) is 4.88. The molecular weight excluding hydrogens is 289 g/mol. The highest BCUT2D eigenvalue weighted by Crippen LogP contribution is 2.38. The minimum Gasteiger partial charge on any atom is -0.501 e. The first-order valence-corrected chi connectivity index (χ1v) is 7.06. The number of hydrogen-bond acceptors (Lipinski definition) is 4. The fraction of sp³-hybridized carbons (Fsp3) is 0.375. The molecule has 1 aliphatic heterocycles. The first-order valence-electron chi connectivity index (χ1n) is 7.06. The van der Waals surface area contributed by atoms with E-state index >= 15 is 0 Å². The zero-order valence-electron chi connectivity index (χ0n) is 12.5. The summed E-state index contributed by atoms with van der Waals surface area (Å²) in [6.45, 7) is 3.88. The quantitative estimate of drug-likeness (QED) is 0.476. The molecule has 1 heterocycles. The van der Waals surface area contributed by atoms with Gasteiger partial charge in [-0.05, 0) is 19.1 Å². The van der Waals surface area contributed by atoms with E-state index in [9.17, 15) is 14.0 Å². The molecule has 1 aromatic carbocycles. The second-order valence-electron chi connectivity index (χ2n) is 4.88. The lowest BCUT2D eigenvalue weighted by Crippen LogP contribution is -2.29. The van der Waals surface area contributed by atoms with Crippen LogP contribution in [0.15, 0.2) is 30.5 Å². The summed E-state index contributed by atoms with van der Waals surface area (Å²) in [5.41, 5.74) is 0.908. The predicted molar refractivity (Wildman–Crippen MR) is 78.9 cm³/mol. The summed E-state index contributed by atoms with van der Waals surface area (Å²) in [6, 6.07) is 4.57. The highest BCUT2D eigenvalue weighted by atomic mass is 19.1. The molecule has 0 saturated carbocycles. The van der Waals surface area contributed by atoms with Gasteiger partial charge in [0.15, 0.2) is 0 Å². The van der Waals surface area contributed by atoms with Gasteiger partial charge in [-0.3, -0.25) is 9.59 Å². The van der Waals surface area contributed by atoms with Gasteiger partial charge in [-0.15, -0.1) is 0 Å². The molecule has 2 rings (SSSR count). The minimum atomic E-state index is -0.432. The van der Waals surface area contributed by atoms with Crippen LogP contribution in [0.5, 0.6) is 0 Å². The van der Waals surface area contributed by atoms with Crippen molar-refractivity contribution in [1.82, 2.24) is 0 Å². The Hall–Kier alpha value is -2.37. The van der Waals surface area contributed by atoms with E-state index in [2.05, 4.69) is 0 Å². The maximum Gasteiger partial charge on any atom is 0.302 e. The molecule has 0 aromatic heterocycles. The SMILES string of the molecule is CCOC=CC(=O)N1C[C@@H](COC(C)=O)c2c(F)cccc21. The highest BCUT2D eigenvalue weighted by molar-refractivity contribution is 6.03. The third-order valence-corrected chi connectivity index (χ3v) is 3.36. The average Bonchev–Trinajstić information content (AvgIpc) is 2.85. The molecule has 0 unspecified atom stereocenters. The van der Waals surface area contributed by atoms with Gasteiger partial charge >= 0.3 is 5.97 Å². The van der Waals surface area contributed by atoms with Crippen molar-refractivity contribution in [1.29, 1.82) is 0 Å². The van der Waals surface area contributed by atoms with Crippen LogP contribution in [0.1, 0.15) is 25.3 Å². The number of rotatable bonds is 5. The number of fused-ring (bicyclic) bond motifs is 1. The summed E-state index contributed by atoms with van der Waals surface area (Å²) in [5, 5.41) is 0. The largest absolute Gasteiger partial charge is 0.501 e. The molecule has 0 spiro atoms. The molecule has 0 bridgehead atoms. The van der Waals surface area contributed by atoms with E-state index in [1.54, 1.807) is 12.1 Å². The first kappa shape index (κ1) is 16.0. The molecule has 1 amide bonds. The van der Waals surface area contributed by atoms with Crippen molar-refractivity contribution in [2.45, 2.75) is 19.8 Å². The number of nitrogens with zero attached hydrogens (tertiary/aromatic N) is 1. The van der Waals surface area contributed by atoms with Crippen LogP contribution in [-0.4, -0.2) is 31.6 Å². The Morgan fingerprint density at radius 1 is 1.45 bits per heavy atom. The molecule has 1 aromatic rings. The van der Waals surface area contributed by atoms with E-state index in [-0.39, 0.29) is 25.0 Å². The standard InChI is InChI=1S/C16H18FNO4/c1-3-21-8-7-15(20)18-9-12(10-22-11(2)19)16-13(17)5-4-6-14(16)18/h4-8,12H,3,9-10H2,1-2H3/t12-/m0/s1. The number of ether oxygens (including phenoxy) is 2. The van der Waals surface area contributed by atoms with Crippen molar-refractivity contribution in [2.24, 2.45) is 0 Å². The van der Waals surface area contributed by atoms with Crippen LogP contribution in [0.4, 0.5) is 10.1 Å². The number of benzene rings is 1. The van der Waals surface area contributed by atoms with E-state index in [0.29, 0.717) is 17.9 Å². The lowest BCUT2D eigenvalue weighted by molar-refractivity contribution is -0.141. The molecule has 118 valence electrons. The van der Waals surface area contributed by atoms with E-state index in [0.717, 1.165) is 0 Å². The van der Waals surface area contributed by atoms with Crippen LogP contribution in [-0.2, 0) is 19.1 Å². The number of halogens is 1. The summed E-state index contributed by atoms with van der Waals surface area (Å²) < 4.78 is 24.1. The van der Waals surface area contributed by atoms with Crippen molar-refractivity contribution in [2.75, 3.05) is 24.7 Å². The Labute approximate surface area is 128 Å². The first-order chi connectivity index (χ1) is 10.5. The highest BCUT2D eigenvalue weighted by Gasteiger charge is 2.34. The number of carbonyl (C=O) groups excluding carboxylic acids is 2. The summed E-state index contributed by atoms with van der Waals surface area (Å²) in [7, 11) is 0. The van der Waals surface area contributed by atoms with E-state index < -0.39 is 11.8 Å². The van der Waals surface area contributed by atoms with Crippen molar-refractivity contribution in [3.8, 4) is 0 Å². The second kappa shape index (κ2) is 7.06. The maximum absolute atomic E-state index is 14.1. The van der Waals surface area contributed by atoms with Crippen LogP contribution >= 0.6 is 0 Å². The Kier molecular flexibility index (Phi) is 5.14. The lowest BCUT2D eigenvalue weighted by atomic mass is 10.0. The number of esters is 1. The smallest absolute Gasteiger partial charge is 0.302 e. The summed E-state index contributed by atoms with van der Waals surface area (Å²) in [6.07, 6.45) is 2.62. The molecule has 1 aliphatic rings. The van der Waals surface area contributed by atoms with Crippen molar-refractivity contribution < 1.29 is 23.5 Å². The van der Waals surface area contributed by atoms with Crippen molar-refractivity contribution in [3.05, 3.63) is 41.9 Å². The minimum absolute atomic E-state index is 0.0439. The van der Waals surface area contributed by atoms with Crippen molar-refractivity contribution >= 4 is 17.6 Å². The molecular formula is C16H18FNO4. The fourth-order valence-corrected chi connectivity index (χ4v) is 2.43. The number of carbonyl (C=O) groups is 2. The van der Waals surface area contributed by atoms with Gasteiger partial charge in [-0.1, -0.05) is 6.07 Å². The van der Waals surface area contributed by atoms with E-state index in [1.807, 2.05) is 6.92 Å². The van der Waals surface area contributed by atoms with E-state index in [1.165, 1.54) is 30.2 Å². The molecule has 0 saturated heterocycles. The van der Waals surface area contributed by atoms with Crippen molar-refractivity contribution in [3.63, 3.8) is 0 Å². The summed E-state index contributed by atoms with van der Waals surface area (Å²) in [4.78, 5) is 24.6. The fourth-order valence-electron chi connectivity index (χ4n) is 2.43. The van der Waals surface area contributed by atoms with Crippen LogP contribution in [0.2, 0.25) is 0 Å². The van der Waals surface area contributed by atoms with Gasteiger partial charge in [0.05, 0.1) is 18.6 Å². The van der Waals surface area contributed by atoms with Gasteiger partial charge in [-0.2, -0.15) is 0 Å². The topological polar surface area (TPSA) is 55.8 Å². The Morgan fingerprint density at radius 2 is 2.23 bits per heavy atom. The number of amides is 1. The Morgan fingerprint density at radius 3 is 2.91 bits per heavy atom. The van der Waals surface area contributed by atoms with Crippen LogP contribution in [0, 0.1) is 5.82 Å². The molecule has 5 nitrogen and oxygen atoms in total. The van der Waals surface area contributed by atoms with Gasteiger partial charge in [0.25, 0.3) is 5.91 Å². The van der Waals surface area contributed by atoms with Crippen LogP contribution < -0.4 is 4.90 Å². The lowest BCUT2D eigenvalue weighted by Gasteiger charge is -2.15. The van der Waals surface area contributed by atoms with Gasteiger partial charge < -0.3 is 14.4 Å². The maximum atomic E-state index is 14.1. The molecule has 0 N–H and O–H groups in total. The van der Waals surface area contributed by atoms with E-state index in [4.69, 9.17) is 9.47 Å². The summed E-state index contributed by atoms with van der Waals surface area (Å²) in [5.74, 6) is -1.51. The monoisotopic (exact) mass is 307 g/mol. The normalized spacial score (nSPS) is 16.7. The Bertz CT molecular complexity index is 600. The molecule has 0 fully saturated rings. The zero-order chi connectivity index (χ0) is 16.1. The van der Waals surface area contributed by atoms with Gasteiger partial charge in [0, 0.05) is 31.0 Å². The average molecular weight is 307 g/mol. The predicted octanol–water partition coefficient (Wildman–Crippen LogP) is 2.37. The third kappa shape index (κ3) is 3.44. The number of hydrogen-bond donors (Lipinski definition) is 0. The van der Waals surface area contributed by atoms with Gasteiger partial charge in [0.1, 0.15) is 12.4 Å². The van der Waals surface area contributed by atoms with Gasteiger partial charge in [-0.25, -0.2) is 4.39 Å².